The van der Waals surface area contributed by atoms with Crippen LogP contribution >= 0.6 is 0 Å². The van der Waals surface area contributed by atoms with Gasteiger partial charge in [-0.05, 0) is 11.6 Å². The maximum absolute atomic E-state index is 12.3. The van der Waals surface area contributed by atoms with Crippen molar-refractivity contribution >= 4 is 5.69 Å². The molecule has 0 spiro atoms. The van der Waals surface area contributed by atoms with Gasteiger partial charge in [0.2, 0.25) is 0 Å². The Morgan fingerprint density at radius 3 is 2.47 bits per heavy atom. The first-order valence-corrected chi connectivity index (χ1v) is 5.02. The molecule has 0 aromatic heterocycles. The highest BCUT2D eigenvalue weighted by Gasteiger charge is 2.30. The second-order valence-electron chi connectivity index (χ2n) is 3.67. The lowest BCUT2D eigenvalue weighted by molar-refractivity contribution is -0.119. The molecule has 1 rings (SSSR count). The highest BCUT2D eigenvalue weighted by atomic mass is 19.4. The Bertz CT molecular complexity index is 379. The summed E-state index contributed by atoms with van der Waals surface area (Å²) in [5.74, 6) is 0.506. The zero-order valence-corrected chi connectivity index (χ0v) is 9.71. The number of alkyl halides is 3. The fourth-order valence-electron chi connectivity index (χ4n) is 1.55. The number of benzene rings is 1. The van der Waals surface area contributed by atoms with E-state index < -0.39 is 12.7 Å². The first-order valence-electron chi connectivity index (χ1n) is 5.02. The fourth-order valence-corrected chi connectivity index (χ4v) is 1.55. The van der Waals surface area contributed by atoms with Gasteiger partial charge in [0.05, 0.1) is 7.11 Å². The van der Waals surface area contributed by atoms with Gasteiger partial charge in [0, 0.05) is 25.3 Å². The van der Waals surface area contributed by atoms with Gasteiger partial charge in [-0.25, -0.2) is 0 Å². The predicted octanol–water partition coefficient (Wildman–Crippen LogP) is 2.15. The van der Waals surface area contributed by atoms with E-state index >= 15 is 0 Å². The van der Waals surface area contributed by atoms with Crippen molar-refractivity contribution in [3.63, 3.8) is 0 Å². The van der Waals surface area contributed by atoms with Gasteiger partial charge in [-0.3, -0.25) is 0 Å². The first-order chi connectivity index (χ1) is 7.87. The third kappa shape index (κ3) is 3.81. The standard InChI is InChI=1S/C11H15F3N2O/c1-16(7-11(12,13)14)10-5-9(17-2)4-3-8(10)6-15/h3-5H,6-7,15H2,1-2H3. The molecule has 3 nitrogen and oxygen atoms in total. The smallest absolute Gasteiger partial charge is 0.405 e. The minimum atomic E-state index is -4.25. The van der Waals surface area contributed by atoms with Crippen LogP contribution in [-0.2, 0) is 6.54 Å². The van der Waals surface area contributed by atoms with Crippen LogP contribution < -0.4 is 15.4 Å². The number of ether oxygens (including phenoxy) is 1. The number of hydrogen-bond acceptors (Lipinski definition) is 3. The molecule has 0 amide bonds. The van der Waals surface area contributed by atoms with Gasteiger partial charge in [-0.1, -0.05) is 6.07 Å². The Morgan fingerprint density at radius 2 is 2.00 bits per heavy atom. The van der Waals surface area contributed by atoms with Crippen molar-refractivity contribution in [2.45, 2.75) is 12.7 Å². The Kier molecular flexibility index (Phi) is 4.22. The number of rotatable bonds is 4. The third-order valence-corrected chi connectivity index (χ3v) is 2.34. The molecule has 0 aliphatic rings. The molecule has 0 bridgehead atoms. The van der Waals surface area contributed by atoms with Crippen LogP contribution in [0.1, 0.15) is 5.56 Å². The van der Waals surface area contributed by atoms with Crippen molar-refractivity contribution in [2.24, 2.45) is 5.73 Å². The molecule has 1 aromatic carbocycles. The maximum atomic E-state index is 12.3. The average Bonchev–Trinajstić information content (AvgIpc) is 2.25. The molecule has 0 unspecified atom stereocenters. The van der Waals surface area contributed by atoms with Crippen molar-refractivity contribution in [2.75, 3.05) is 25.6 Å². The first kappa shape index (κ1) is 13.6. The third-order valence-electron chi connectivity index (χ3n) is 2.34. The number of anilines is 1. The lowest BCUT2D eigenvalue weighted by atomic mass is 10.1. The van der Waals surface area contributed by atoms with E-state index in [1.807, 2.05) is 0 Å². The number of methoxy groups -OCH3 is 1. The van der Waals surface area contributed by atoms with Crippen LogP contribution in [0.5, 0.6) is 5.75 Å². The Hall–Kier alpha value is -1.43. The highest BCUT2D eigenvalue weighted by Crippen LogP contribution is 2.27. The summed E-state index contributed by atoms with van der Waals surface area (Å²) in [7, 11) is 2.84. The molecule has 6 heteroatoms. The van der Waals surface area contributed by atoms with Crippen LogP contribution in [0.15, 0.2) is 18.2 Å². The largest absolute Gasteiger partial charge is 0.497 e. The van der Waals surface area contributed by atoms with E-state index in [0.717, 1.165) is 4.90 Å². The second kappa shape index (κ2) is 5.27. The molecule has 0 atom stereocenters. The number of halogens is 3. The average molecular weight is 248 g/mol. The maximum Gasteiger partial charge on any atom is 0.405 e. The van der Waals surface area contributed by atoms with E-state index in [2.05, 4.69) is 0 Å². The summed E-state index contributed by atoms with van der Waals surface area (Å²) < 4.78 is 41.9. The van der Waals surface area contributed by atoms with Crippen LogP contribution in [0.2, 0.25) is 0 Å². The highest BCUT2D eigenvalue weighted by molar-refractivity contribution is 5.57. The van der Waals surface area contributed by atoms with Crippen molar-refractivity contribution in [3.05, 3.63) is 23.8 Å². The minimum absolute atomic E-state index is 0.182. The molecule has 96 valence electrons. The van der Waals surface area contributed by atoms with Crippen LogP contribution in [0, 0.1) is 0 Å². The molecule has 0 fully saturated rings. The molecule has 0 aliphatic carbocycles. The molecule has 17 heavy (non-hydrogen) atoms. The van der Waals surface area contributed by atoms with Gasteiger partial charge in [0.1, 0.15) is 12.3 Å². The number of nitrogens with two attached hydrogens (primary N) is 1. The van der Waals surface area contributed by atoms with Gasteiger partial charge in [-0.15, -0.1) is 0 Å². The van der Waals surface area contributed by atoms with Gasteiger partial charge in [0.15, 0.2) is 0 Å². The molecule has 0 radical (unpaired) electrons. The van der Waals surface area contributed by atoms with Crippen LogP contribution in [-0.4, -0.2) is 26.9 Å². The summed E-state index contributed by atoms with van der Waals surface area (Å²) in [5.41, 5.74) is 6.58. The monoisotopic (exact) mass is 248 g/mol. The second-order valence-corrected chi connectivity index (χ2v) is 3.67. The Labute approximate surface area is 98.0 Å². The van der Waals surface area contributed by atoms with E-state index in [9.17, 15) is 13.2 Å². The molecule has 0 heterocycles. The quantitative estimate of drug-likeness (QED) is 0.887. The zero-order chi connectivity index (χ0) is 13.1. The SMILES string of the molecule is COc1ccc(CN)c(N(C)CC(F)(F)F)c1. The van der Waals surface area contributed by atoms with E-state index in [1.54, 1.807) is 18.2 Å². The van der Waals surface area contributed by atoms with Crippen LogP contribution in [0.3, 0.4) is 0 Å². The summed E-state index contributed by atoms with van der Waals surface area (Å²) >= 11 is 0. The van der Waals surface area contributed by atoms with E-state index in [1.165, 1.54) is 14.2 Å². The zero-order valence-electron chi connectivity index (χ0n) is 9.71. The fraction of sp³-hybridized carbons (Fsp3) is 0.455. The summed E-state index contributed by atoms with van der Waals surface area (Å²) in [6, 6.07) is 4.89. The van der Waals surface area contributed by atoms with Gasteiger partial charge >= 0.3 is 6.18 Å². The molecule has 1 aromatic rings. The van der Waals surface area contributed by atoms with E-state index in [4.69, 9.17) is 10.5 Å². The summed E-state index contributed by atoms with van der Waals surface area (Å²) in [6.07, 6.45) is -4.25. The lowest BCUT2D eigenvalue weighted by Crippen LogP contribution is -2.31. The van der Waals surface area contributed by atoms with Gasteiger partial charge in [0.25, 0.3) is 0 Å². The molecular formula is C11H15F3N2O. The van der Waals surface area contributed by atoms with Crippen molar-refractivity contribution < 1.29 is 17.9 Å². The molecular weight excluding hydrogens is 233 g/mol. The summed E-state index contributed by atoms with van der Waals surface area (Å²) in [6.45, 7) is -0.839. The summed E-state index contributed by atoms with van der Waals surface area (Å²) in [5, 5.41) is 0. The summed E-state index contributed by atoms with van der Waals surface area (Å²) in [4.78, 5) is 1.12. The molecule has 0 saturated heterocycles. The van der Waals surface area contributed by atoms with Gasteiger partial charge in [-0.2, -0.15) is 13.2 Å². The number of nitrogens with zero attached hydrogens (tertiary/aromatic N) is 1. The van der Waals surface area contributed by atoms with Crippen molar-refractivity contribution in [3.8, 4) is 5.75 Å². The molecule has 2 N–H and O–H groups in total. The Balaban J connectivity index is 3.01. The molecule has 0 saturated carbocycles. The minimum Gasteiger partial charge on any atom is -0.497 e. The lowest BCUT2D eigenvalue weighted by Gasteiger charge is -2.23. The Morgan fingerprint density at radius 1 is 1.35 bits per heavy atom. The topological polar surface area (TPSA) is 38.5 Å². The van der Waals surface area contributed by atoms with E-state index in [-0.39, 0.29) is 6.54 Å². The number of hydrogen-bond donors (Lipinski definition) is 1. The van der Waals surface area contributed by atoms with E-state index in [0.29, 0.717) is 17.0 Å². The van der Waals surface area contributed by atoms with Crippen LogP contribution in [0.25, 0.3) is 0 Å². The predicted molar refractivity (Wildman–Crippen MR) is 60.2 cm³/mol. The normalized spacial score (nSPS) is 11.4. The van der Waals surface area contributed by atoms with Gasteiger partial charge < -0.3 is 15.4 Å². The van der Waals surface area contributed by atoms with Crippen LogP contribution in [0.4, 0.5) is 18.9 Å². The molecule has 0 aliphatic heterocycles. The van der Waals surface area contributed by atoms with Crippen molar-refractivity contribution in [1.82, 2.24) is 0 Å². The van der Waals surface area contributed by atoms with Crippen molar-refractivity contribution in [1.29, 1.82) is 0 Å².